The summed E-state index contributed by atoms with van der Waals surface area (Å²) in [6, 6.07) is 17.7. The third-order valence-electron chi connectivity index (χ3n) is 12.0. The molecule has 0 saturated carbocycles. The maximum absolute atomic E-state index is 13.6. The number of likely N-dealkylation sites (tertiary alicyclic amines) is 1. The molecular formula is C50H70N10O3. The molecule has 5 N–H and O–H groups in total. The molecule has 2 fully saturated rings. The Morgan fingerprint density at radius 1 is 0.968 bits per heavy atom. The first kappa shape index (κ1) is 48.2. The fourth-order valence-electron chi connectivity index (χ4n) is 8.58. The van der Waals surface area contributed by atoms with Gasteiger partial charge in [0.25, 0.3) is 5.91 Å². The van der Waals surface area contributed by atoms with Crippen molar-refractivity contribution in [1.29, 1.82) is 0 Å². The number of anilines is 4. The van der Waals surface area contributed by atoms with Gasteiger partial charge in [-0.25, -0.2) is 4.98 Å². The van der Waals surface area contributed by atoms with Crippen molar-refractivity contribution in [3.05, 3.63) is 107 Å². The molecule has 4 heterocycles. The number of aldehydes is 1. The van der Waals surface area contributed by atoms with Crippen molar-refractivity contribution in [2.45, 2.75) is 58.9 Å². The zero-order valence-electron chi connectivity index (χ0n) is 38.2. The van der Waals surface area contributed by atoms with Crippen LogP contribution >= 0.6 is 0 Å². The van der Waals surface area contributed by atoms with Crippen molar-refractivity contribution < 1.29 is 14.4 Å². The molecule has 2 aromatic carbocycles. The molecule has 63 heavy (non-hydrogen) atoms. The Labute approximate surface area is 375 Å². The van der Waals surface area contributed by atoms with Gasteiger partial charge in [0.15, 0.2) is 0 Å². The lowest BCUT2D eigenvalue weighted by molar-refractivity contribution is -0.121. The minimum Gasteiger partial charge on any atom is -0.384 e. The number of carbonyl (C=O) groups excluding carboxylic acids is 3. The average molecular weight is 859 g/mol. The lowest BCUT2D eigenvalue weighted by Gasteiger charge is -2.37. The third-order valence-corrected chi connectivity index (χ3v) is 12.0. The fraction of sp³-hybridized carbons (Fsp3) is 0.460. The topological polar surface area (TPSA) is 152 Å². The Balaban J connectivity index is 0.00000369. The largest absolute Gasteiger partial charge is 0.384 e. The van der Waals surface area contributed by atoms with Crippen LogP contribution in [0.1, 0.15) is 67.9 Å². The maximum atomic E-state index is 13.6. The van der Waals surface area contributed by atoms with Gasteiger partial charge in [0.05, 0.1) is 0 Å². The molecule has 3 aliphatic rings. The average Bonchev–Trinajstić information content (AvgIpc) is 3.30. The van der Waals surface area contributed by atoms with Crippen molar-refractivity contribution >= 4 is 52.8 Å². The van der Waals surface area contributed by atoms with E-state index in [9.17, 15) is 14.4 Å². The van der Waals surface area contributed by atoms with Crippen LogP contribution in [0, 0.1) is 5.92 Å². The number of benzene rings is 2. The van der Waals surface area contributed by atoms with Crippen molar-refractivity contribution in [2.24, 2.45) is 10.9 Å². The van der Waals surface area contributed by atoms with Crippen molar-refractivity contribution in [3.8, 4) is 0 Å². The number of pyridine rings is 1. The summed E-state index contributed by atoms with van der Waals surface area (Å²) in [5.74, 6) is 1.02. The van der Waals surface area contributed by atoms with Gasteiger partial charge in [-0.2, -0.15) is 0 Å². The van der Waals surface area contributed by atoms with E-state index in [0.29, 0.717) is 24.6 Å². The number of hydrogen-bond acceptors (Lipinski definition) is 11. The molecule has 13 heteroatoms. The predicted octanol–water partition coefficient (Wildman–Crippen LogP) is 6.43. The van der Waals surface area contributed by atoms with Crippen molar-refractivity contribution in [1.82, 2.24) is 25.0 Å². The summed E-state index contributed by atoms with van der Waals surface area (Å²) in [6.45, 7) is 20.5. The van der Waals surface area contributed by atoms with Crippen LogP contribution in [0.2, 0.25) is 0 Å². The smallest absolute Gasteiger partial charge is 0.253 e. The van der Waals surface area contributed by atoms with Crippen LogP contribution in [0.4, 0.5) is 22.9 Å². The van der Waals surface area contributed by atoms with Crippen LogP contribution in [-0.4, -0.2) is 136 Å². The Hall–Kier alpha value is -5.79. The normalized spacial score (nSPS) is 17.3. The highest BCUT2D eigenvalue weighted by molar-refractivity contribution is 5.95. The SMILES string of the molecule is C=C(/C=C(\C)CN1CCN(c2ccc(C(=O)N3CCC(CN4CCNc5ccc(NC(CCC=O)C(=O)NC)cc5CC4)CC3)cc2)CC1)/C(=C\C=NC)c1ccc(N)nc1.CC. The van der Waals surface area contributed by atoms with E-state index in [0.717, 1.165) is 137 Å². The van der Waals surface area contributed by atoms with Gasteiger partial charge in [0, 0.05) is 133 Å². The number of aromatic nitrogens is 1. The maximum Gasteiger partial charge on any atom is 0.253 e. The summed E-state index contributed by atoms with van der Waals surface area (Å²) in [5, 5.41) is 9.64. The Morgan fingerprint density at radius 3 is 2.37 bits per heavy atom. The standard InChI is InChI=1S/C48H64N10O3.C2H6/c1-35(30-36(2)43(15-19-50-3)40-9-14-46(49)53-32-40)33-56-25-27-57(28-26-56)42-11-7-38(8-12-42)48(61)58-22-16-37(17-23-58)34-55-21-18-39-31-41(10-13-44(39)52-20-24-55)54-45(6-5-29-59)47(60)51-4;1-2/h7-15,19,29-32,37,45,52,54H,2,5-6,16-18,20-28,33-34H2,1,3-4H3,(H2,49,53)(H,51,60);1-2H3/b35-30+,43-15+,50-19?;. The van der Waals surface area contributed by atoms with Gasteiger partial charge in [0.2, 0.25) is 5.91 Å². The Kier molecular flexibility index (Phi) is 19.0. The molecule has 338 valence electrons. The summed E-state index contributed by atoms with van der Waals surface area (Å²) in [5.41, 5.74) is 15.0. The molecule has 3 aliphatic heterocycles. The molecule has 6 rings (SSSR count). The van der Waals surface area contributed by atoms with Crippen LogP contribution in [0.3, 0.4) is 0 Å². The van der Waals surface area contributed by atoms with Gasteiger partial charge in [-0.1, -0.05) is 32.1 Å². The number of nitrogens with one attached hydrogen (secondary N) is 3. The number of nitrogens with two attached hydrogens (primary N) is 1. The predicted molar refractivity (Wildman–Crippen MR) is 261 cm³/mol. The van der Waals surface area contributed by atoms with E-state index < -0.39 is 6.04 Å². The van der Waals surface area contributed by atoms with E-state index in [1.54, 1.807) is 32.6 Å². The molecule has 0 spiro atoms. The van der Waals surface area contributed by atoms with Gasteiger partial charge in [-0.3, -0.25) is 19.5 Å². The number of fused-ring (bicyclic) bond motifs is 1. The molecule has 13 nitrogen and oxygen atoms in total. The number of nitrogen functional groups attached to an aromatic ring is 1. The lowest BCUT2D eigenvalue weighted by atomic mass is 9.95. The van der Waals surface area contributed by atoms with Gasteiger partial charge in [0.1, 0.15) is 18.1 Å². The molecule has 1 unspecified atom stereocenters. The van der Waals surface area contributed by atoms with Crippen molar-refractivity contribution in [3.63, 3.8) is 0 Å². The number of carbonyl (C=O) groups is 3. The Morgan fingerprint density at radius 2 is 1.70 bits per heavy atom. The highest BCUT2D eigenvalue weighted by Crippen LogP contribution is 2.27. The number of nitrogens with zero attached hydrogens (tertiary/aromatic N) is 6. The summed E-state index contributed by atoms with van der Waals surface area (Å²) in [4.78, 5) is 54.8. The Bertz CT molecular complexity index is 2050. The minimum atomic E-state index is -0.461. The second-order valence-electron chi connectivity index (χ2n) is 16.4. The second kappa shape index (κ2) is 24.7. The highest BCUT2D eigenvalue weighted by Gasteiger charge is 2.26. The van der Waals surface area contributed by atoms with Crippen LogP contribution in [-0.2, 0) is 16.0 Å². The van der Waals surface area contributed by atoms with Gasteiger partial charge in [-0.15, -0.1) is 0 Å². The first-order valence-corrected chi connectivity index (χ1v) is 22.7. The van der Waals surface area contributed by atoms with Crippen LogP contribution in [0.5, 0.6) is 0 Å². The van der Waals surface area contributed by atoms with Crippen LogP contribution < -0.4 is 26.6 Å². The molecule has 3 aromatic rings. The molecule has 1 aromatic heterocycles. The number of amides is 2. The molecule has 0 bridgehead atoms. The number of piperazine rings is 1. The summed E-state index contributed by atoms with van der Waals surface area (Å²) >= 11 is 0. The zero-order chi connectivity index (χ0) is 45.1. The summed E-state index contributed by atoms with van der Waals surface area (Å²) < 4.78 is 0. The van der Waals surface area contributed by atoms with Crippen LogP contribution in [0.25, 0.3) is 5.57 Å². The van der Waals surface area contributed by atoms with Crippen LogP contribution in [0.15, 0.2) is 95.7 Å². The molecule has 2 saturated heterocycles. The van der Waals surface area contributed by atoms with Gasteiger partial charge < -0.3 is 41.2 Å². The van der Waals surface area contributed by atoms with Gasteiger partial charge >= 0.3 is 0 Å². The molecule has 0 aliphatic carbocycles. The number of aliphatic imine (C=N–C) groups is 1. The summed E-state index contributed by atoms with van der Waals surface area (Å²) in [7, 11) is 3.37. The summed E-state index contributed by atoms with van der Waals surface area (Å²) in [6.07, 6.45) is 12.2. The number of rotatable bonds is 16. The van der Waals surface area contributed by atoms with E-state index in [1.165, 1.54) is 11.1 Å². The number of piperidine rings is 1. The van der Waals surface area contributed by atoms with E-state index in [-0.39, 0.29) is 11.8 Å². The molecular weight excluding hydrogens is 789 g/mol. The van der Waals surface area contributed by atoms with E-state index in [4.69, 9.17) is 5.73 Å². The first-order chi connectivity index (χ1) is 30.6. The quantitative estimate of drug-likeness (QED) is 0.0722. The first-order valence-electron chi connectivity index (χ1n) is 22.7. The van der Waals surface area contributed by atoms with E-state index in [1.807, 2.05) is 49.1 Å². The van der Waals surface area contributed by atoms with Crippen molar-refractivity contribution in [2.75, 3.05) is 107 Å². The lowest BCUT2D eigenvalue weighted by Crippen LogP contribution is -2.46. The third kappa shape index (κ3) is 14.1. The second-order valence-corrected chi connectivity index (χ2v) is 16.4. The monoisotopic (exact) mass is 859 g/mol. The zero-order valence-corrected chi connectivity index (χ0v) is 38.2. The molecule has 1 atom stereocenters. The van der Waals surface area contributed by atoms with E-state index >= 15 is 0 Å². The fourth-order valence-corrected chi connectivity index (χ4v) is 8.58. The number of likely N-dealkylation sites (N-methyl/N-ethyl adjacent to an activating group) is 1. The highest BCUT2D eigenvalue weighted by atomic mass is 16.2. The minimum absolute atomic E-state index is 0.118. The number of allylic oxidation sites excluding steroid dienone is 4. The molecule has 2 amide bonds. The number of hydrogen-bond donors (Lipinski definition) is 4. The van der Waals surface area contributed by atoms with E-state index in [2.05, 4.69) is 84.5 Å². The molecule has 0 radical (unpaired) electrons. The van der Waals surface area contributed by atoms with Gasteiger partial charge in [-0.05, 0) is 116 Å².